The van der Waals surface area contributed by atoms with Gasteiger partial charge in [0.05, 0.1) is 0 Å². The lowest BCUT2D eigenvalue weighted by Gasteiger charge is -1.97. The Morgan fingerprint density at radius 3 is 2.90 bits per heavy atom. The number of hydrogen-bond acceptors (Lipinski definition) is 2. The molecule has 0 saturated heterocycles. The van der Waals surface area contributed by atoms with E-state index in [4.69, 9.17) is 0 Å². The first-order valence-corrected chi connectivity index (χ1v) is 3.52. The summed E-state index contributed by atoms with van der Waals surface area (Å²) in [6.45, 7) is 0.842. The number of hydrogen-bond donors (Lipinski definition) is 0. The van der Waals surface area contributed by atoms with Crippen molar-refractivity contribution in [2.24, 2.45) is 5.92 Å². The molecule has 1 amide bonds. The fraction of sp³-hybridized carbons (Fsp3) is 0.857. The van der Waals surface area contributed by atoms with Gasteiger partial charge in [0.2, 0.25) is 0 Å². The van der Waals surface area contributed by atoms with E-state index in [1.54, 1.807) is 0 Å². The number of carbonyl (C=O) groups is 1. The van der Waals surface area contributed by atoms with Gasteiger partial charge in [0.1, 0.15) is 6.61 Å². The van der Waals surface area contributed by atoms with Gasteiger partial charge in [-0.05, 0) is 18.8 Å². The quantitative estimate of drug-likeness (QED) is 0.561. The van der Waals surface area contributed by atoms with Crippen molar-refractivity contribution in [1.82, 2.24) is 5.32 Å². The van der Waals surface area contributed by atoms with Crippen molar-refractivity contribution in [3.8, 4) is 0 Å². The number of methoxy groups -OCH3 is 1. The van der Waals surface area contributed by atoms with Crippen molar-refractivity contribution in [2.75, 3.05) is 20.3 Å². The highest BCUT2D eigenvalue weighted by Gasteiger charge is 2.22. The monoisotopic (exact) mass is 142 g/mol. The maximum absolute atomic E-state index is 10.7. The minimum absolute atomic E-state index is 0.130. The van der Waals surface area contributed by atoms with Crippen LogP contribution in [0.3, 0.4) is 0 Å². The van der Waals surface area contributed by atoms with E-state index in [-0.39, 0.29) is 12.5 Å². The van der Waals surface area contributed by atoms with E-state index < -0.39 is 0 Å². The molecule has 10 heavy (non-hydrogen) atoms. The van der Waals surface area contributed by atoms with Gasteiger partial charge in [-0.15, -0.1) is 0 Å². The zero-order valence-corrected chi connectivity index (χ0v) is 6.17. The lowest BCUT2D eigenvalue weighted by atomic mass is 10.4. The van der Waals surface area contributed by atoms with Gasteiger partial charge in [0, 0.05) is 13.7 Å². The summed E-state index contributed by atoms with van der Waals surface area (Å²) < 4.78 is 4.61. The van der Waals surface area contributed by atoms with Crippen LogP contribution in [0.2, 0.25) is 0 Å². The number of nitrogens with zero attached hydrogens (tertiary/aromatic N) is 1. The average molecular weight is 142 g/mol. The normalized spacial score (nSPS) is 16.9. The molecule has 1 aliphatic rings. The van der Waals surface area contributed by atoms with Gasteiger partial charge in [-0.2, -0.15) is 0 Å². The number of amides is 1. The summed E-state index contributed by atoms with van der Waals surface area (Å²) in [5, 5.41) is 3.81. The van der Waals surface area contributed by atoms with Crippen molar-refractivity contribution in [2.45, 2.75) is 12.8 Å². The first-order chi connectivity index (χ1) is 4.83. The maximum atomic E-state index is 10.7. The lowest BCUT2D eigenvalue weighted by Crippen LogP contribution is -2.21. The minimum Gasteiger partial charge on any atom is -0.375 e. The minimum atomic E-state index is -0.130. The Bertz CT molecular complexity index is 121. The molecule has 0 aromatic rings. The Kier molecular flexibility index (Phi) is 2.68. The van der Waals surface area contributed by atoms with E-state index in [0.29, 0.717) is 12.5 Å². The number of ether oxygens (including phenoxy) is 1. The third-order valence-corrected chi connectivity index (χ3v) is 1.49. The Hall–Kier alpha value is -0.570. The molecule has 1 fully saturated rings. The molecule has 1 rings (SSSR count). The lowest BCUT2D eigenvalue weighted by molar-refractivity contribution is -0.125. The molecule has 1 saturated carbocycles. The summed E-state index contributed by atoms with van der Waals surface area (Å²) in [7, 11) is 1.50. The molecule has 1 radical (unpaired) electrons. The zero-order chi connectivity index (χ0) is 7.40. The van der Waals surface area contributed by atoms with E-state index in [0.717, 1.165) is 0 Å². The highest BCUT2D eigenvalue weighted by atomic mass is 16.5. The molecular weight excluding hydrogens is 130 g/mol. The van der Waals surface area contributed by atoms with Gasteiger partial charge in [-0.3, -0.25) is 4.79 Å². The molecule has 0 bridgehead atoms. The molecule has 3 heteroatoms. The molecule has 0 aromatic carbocycles. The average Bonchev–Trinajstić information content (AvgIpc) is 2.67. The van der Waals surface area contributed by atoms with Crippen LogP contribution in [0, 0.1) is 5.92 Å². The van der Waals surface area contributed by atoms with Gasteiger partial charge < -0.3 is 4.74 Å². The molecule has 0 unspecified atom stereocenters. The molecule has 0 aliphatic heterocycles. The summed E-state index contributed by atoms with van der Waals surface area (Å²) in [4.78, 5) is 10.7. The van der Waals surface area contributed by atoms with Gasteiger partial charge in [0.15, 0.2) is 0 Å². The Balaban J connectivity index is 1.94. The second kappa shape index (κ2) is 3.56. The molecule has 1 aliphatic carbocycles. The Labute approximate surface area is 60.7 Å². The smallest absolute Gasteiger partial charge is 0.267 e. The number of rotatable bonds is 4. The van der Waals surface area contributed by atoms with Gasteiger partial charge in [-0.1, -0.05) is 0 Å². The van der Waals surface area contributed by atoms with Gasteiger partial charge in [0.25, 0.3) is 5.91 Å². The molecule has 0 spiro atoms. The third kappa shape index (κ3) is 2.82. The van der Waals surface area contributed by atoms with Crippen LogP contribution in [0.1, 0.15) is 12.8 Å². The predicted octanol–water partition coefficient (Wildman–Crippen LogP) is 0.174. The molecule has 0 N–H and O–H groups in total. The standard InChI is InChI=1S/C7H12NO2/c1-10-5-7(9)8-4-6-2-3-6/h6H,2-5H2,1H3. The fourth-order valence-electron chi connectivity index (χ4n) is 0.700. The first-order valence-electron chi connectivity index (χ1n) is 3.52. The van der Waals surface area contributed by atoms with E-state index in [1.807, 2.05) is 0 Å². The summed E-state index contributed by atoms with van der Waals surface area (Å²) in [6, 6.07) is 0. The molecule has 57 valence electrons. The third-order valence-electron chi connectivity index (χ3n) is 1.49. The van der Waals surface area contributed by atoms with E-state index in [2.05, 4.69) is 10.1 Å². The van der Waals surface area contributed by atoms with E-state index in [1.165, 1.54) is 20.0 Å². The van der Waals surface area contributed by atoms with Crippen LogP contribution in [0.4, 0.5) is 0 Å². The molecule has 3 nitrogen and oxygen atoms in total. The van der Waals surface area contributed by atoms with Crippen LogP contribution < -0.4 is 5.32 Å². The second-order valence-electron chi connectivity index (χ2n) is 2.61. The Morgan fingerprint density at radius 2 is 2.40 bits per heavy atom. The zero-order valence-electron chi connectivity index (χ0n) is 6.17. The SMILES string of the molecule is COCC(=O)[N]CC1CC1. The highest BCUT2D eigenvalue weighted by Crippen LogP contribution is 2.27. The molecule has 0 aromatic heterocycles. The van der Waals surface area contributed by atoms with Crippen molar-refractivity contribution in [3.63, 3.8) is 0 Å². The Morgan fingerprint density at radius 1 is 1.70 bits per heavy atom. The highest BCUT2D eigenvalue weighted by molar-refractivity contribution is 5.76. The summed E-state index contributed by atoms with van der Waals surface area (Å²) in [5.41, 5.74) is 0. The topological polar surface area (TPSA) is 40.4 Å². The number of carbonyl (C=O) groups excluding carboxylic acids is 1. The van der Waals surface area contributed by atoms with Crippen molar-refractivity contribution < 1.29 is 9.53 Å². The van der Waals surface area contributed by atoms with Crippen LogP contribution in [-0.4, -0.2) is 26.2 Å². The van der Waals surface area contributed by atoms with Crippen molar-refractivity contribution in [3.05, 3.63) is 0 Å². The van der Waals surface area contributed by atoms with Crippen LogP contribution in [0.15, 0.2) is 0 Å². The maximum Gasteiger partial charge on any atom is 0.267 e. The predicted molar refractivity (Wildman–Crippen MR) is 36.6 cm³/mol. The van der Waals surface area contributed by atoms with Crippen LogP contribution >= 0.6 is 0 Å². The fourth-order valence-corrected chi connectivity index (χ4v) is 0.700. The summed E-state index contributed by atoms with van der Waals surface area (Å²) in [6.07, 6.45) is 2.48. The largest absolute Gasteiger partial charge is 0.375 e. The van der Waals surface area contributed by atoms with Crippen LogP contribution in [-0.2, 0) is 9.53 Å². The second-order valence-corrected chi connectivity index (χ2v) is 2.61. The van der Waals surface area contributed by atoms with Gasteiger partial charge in [-0.25, -0.2) is 5.32 Å². The molecular formula is C7H12NO2. The van der Waals surface area contributed by atoms with Crippen molar-refractivity contribution >= 4 is 5.91 Å². The van der Waals surface area contributed by atoms with Gasteiger partial charge >= 0.3 is 0 Å². The first kappa shape index (κ1) is 7.54. The van der Waals surface area contributed by atoms with Crippen LogP contribution in [0.25, 0.3) is 0 Å². The van der Waals surface area contributed by atoms with E-state index >= 15 is 0 Å². The van der Waals surface area contributed by atoms with E-state index in [9.17, 15) is 4.79 Å². The molecule has 0 atom stereocenters. The van der Waals surface area contributed by atoms with Crippen LogP contribution in [0.5, 0.6) is 0 Å². The molecule has 0 heterocycles. The summed E-state index contributed by atoms with van der Waals surface area (Å²) in [5.74, 6) is 0.565. The van der Waals surface area contributed by atoms with Crippen molar-refractivity contribution in [1.29, 1.82) is 0 Å². The summed E-state index contributed by atoms with van der Waals surface area (Å²) >= 11 is 0.